The van der Waals surface area contributed by atoms with E-state index >= 15 is 0 Å². The molecule has 1 aliphatic rings. The van der Waals surface area contributed by atoms with Gasteiger partial charge in [-0.3, -0.25) is 4.79 Å². The van der Waals surface area contributed by atoms with E-state index in [0.29, 0.717) is 39.3 Å². The van der Waals surface area contributed by atoms with Gasteiger partial charge in [-0.1, -0.05) is 66.7 Å². The van der Waals surface area contributed by atoms with Gasteiger partial charge in [0.05, 0.1) is 26.7 Å². The summed E-state index contributed by atoms with van der Waals surface area (Å²) in [4.78, 5) is 13.4. The molecule has 0 radical (unpaired) electrons. The highest BCUT2D eigenvalue weighted by Crippen LogP contribution is 2.49. The van der Waals surface area contributed by atoms with Gasteiger partial charge in [-0.15, -0.1) is 0 Å². The van der Waals surface area contributed by atoms with E-state index < -0.39 is 11.5 Å². The summed E-state index contributed by atoms with van der Waals surface area (Å²) < 4.78 is 17.1. The molecule has 2 N–H and O–H groups in total. The van der Waals surface area contributed by atoms with Crippen LogP contribution in [0.15, 0.2) is 91.0 Å². The first-order chi connectivity index (χ1) is 17.5. The van der Waals surface area contributed by atoms with Crippen LogP contribution in [0.3, 0.4) is 0 Å². The Balaban J connectivity index is 1.71. The summed E-state index contributed by atoms with van der Waals surface area (Å²) in [6, 6.07) is 26.4. The van der Waals surface area contributed by atoms with E-state index in [9.17, 15) is 15.0 Å². The maximum absolute atomic E-state index is 13.4. The molecule has 36 heavy (non-hydrogen) atoms. The monoisotopic (exact) mass is 482 g/mol. The van der Waals surface area contributed by atoms with Gasteiger partial charge in [0.25, 0.3) is 0 Å². The van der Waals surface area contributed by atoms with Crippen LogP contribution in [0.5, 0.6) is 23.0 Å². The number of ether oxygens (including phenoxy) is 3. The molecule has 6 nitrogen and oxygen atoms in total. The second kappa shape index (κ2) is 9.40. The molecule has 0 saturated heterocycles. The summed E-state index contributed by atoms with van der Waals surface area (Å²) in [5.41, 5.74) is 0.911. The van der Waals surface area contributed by atoms with E-state index in [1.54, 1.807) is 79.9 Å². The topological polar surface area (TPSA) is 85.2 Å². The van der Waals surface area contributed by atoms with Crippen molar-refractivity contribution < 1.29 is 29.2 Å². The lowest BCUT2D eigenvalue weighted by Gasteiger charge is -2.42. The largest absolute Gasteiger partial charge is 0.504 e. The number of phenolic OH excluding ortho intramolecular Hbond substituents is 1. The smallest absolute Gasteiger partial charge is 0.193 e. The molecule has 0 saturated carbocycles. The number of aromatic hydroxyl groups is 1. The molecular weight excluding hydrogens is 456 g/mol. The predicted octanol–water partition coefficient (Wildman–Crippen LogP) is 5.05. The molecule has 0 spiro atoms. The van der Waals surface area contributed by atoms with Gasteiger partial charge in [0.2, 0.25) is 0 Å². The van der Waals surface area contributed by atoms with Gasteiger partial charge in [0.1, 0.15) is 5.60 Å². The first kappa shape index (κ1) is 23.5. The summed E-state index contributed by atoms with van der Waals surface area (Å²) in [5.74, 6) is 0.508. The third-order valence-electron chi connectivity index (χ3n) is 6.75. The zero-order valence-corrected chi connectivity index (χ0v) is 20.0. The van der Waals surface area contributed by atoms with Crippen molar-refractivity contribution in [3.63, 3.8) is 0 Å². The molecule has 0 heterocycles. The summed E-state index contributed by atoms with van der Waals surface area (Å²) in [7, 11) is 3.04. The van der Waals surface area contributed by atoms with Crippen LogP contribution < -0.4 is 14.2 Å². The zero-order chi connectivity index (χ0) is 25.3. The van der Waals surface area contributed by atoms with Crippen LogP contribution in [-0.2, 0) is 5.60 Å². The SMILES string of the molecule is COc1cc([C@@H](COc2ccccc2OC)C2(O)c3ccccc3C(=O)c3ccccc32)ccc1O. The maximum atomic E-state index is 13.4. The van der Waals surface area contributed by atoms with Gasteiger partial charge in [0, 0.05) is 11.1 Å². The standard InChI is InChI=1S/C30H26O6/c1-34-26-13-7-8-14-27(26)36-18-24(19-15-16-25(31)28(17-19)35-2)30(33)22-11-5-3-9-20(22)29(32)21-10-4-6-12-23(21)30/h3-17,24,31,33H,18H2,1-2H3/t24-/m1/s1. The quantitative estimate of drug-likeness (QED) is 0.383. The van der Waals surface area contributed by atoms with Crippen molar-refractivity contribution in [3.8, 4) is 23.0 Å². The molecule has 5 rings (SSSR count). The molecule has 0 bridgehead atoms. The summed E-state index contributed by atoms with van der Waals surface area (Å²) in [5, 5.41) is 22.9. The first-order valence-electron chi connectivity index (χ1n) is 11.6. The third-order valence-corrected chi connectivity index (χ3v) is 6.75. The number of rotatable bonds is 7. The summed E-state index contributed by atoms with van der Waals surface area (Å²) in [6.07, 6.45) is 0. The minimum absolute atomic E-state index is 0.0164. The normalized spacial score (nSPS) is 14.4. The molecule has 0 amide bonds. The van der Waals surface area contributed by atoms with Crippen LogP contribution >= 0.6 is 0 Å². The Bertz CT molecular complexity index is 1380. The number of benzene rings is 4. The molecule has 6 heteroatoms. The molecule has 182 valence electrons. The fourth-order valence-corrected chi connectivity index (χ4v) is 4.97. The van der Waals surface area contributed by atoms with E-state index in [-0.39, 0.29) is 23.9 Å². The Morgan fingerprint density at radius 3 is 1.92 bits per heavy atom. The highest BCUT2D eigenvalue weighted by molar-refractivity contribution is 6.13. The number of fused-ring (bicyclic) bond motifs is 2. The van der Waals surface area contributed by atoms with Crippen molar-refractivity contribution in [3.05, 3.63) is 119 Å². The fraction of sp³-hybridized carbons (Fsp3) is 0.167. The van der Waals surface area contributed by atoms with Crippen molar-refractivity contribution >= 4 is 5.78 Å². The van der Waals surface area contributed by atoms with Crippen LogP contribution in [0, 0.1) is 0 Å². The lowest BCUT2D eigenvalue weighted by molar-refractivity contribution is 0.0264. The molecule has 0 unspecified atom stereocenters. The van der Waals surface area contributed by atoms with Crippen LogP contribution in [0.1, 0.15) is 38.5 Å². The van der Waals surface area contributed by atoms with Gasteiger partial charge in [-0.05, 0) is 41.0 Å². The Hall–Kier alpha value is -4.29. The third kappa shape index (κ3) is 3.76. The Morgan fingerprint density at radius 1 is 0.750 bits per heavy atom. The van der Waals surface area contributed by atoms with E-state index in [1.807, 2.05) is 12.1 Å². The zero-order valence-electron chi connectivity index (χ0n) is 20.0. The van der Waals surface area contributed by atoms with Gasteiger partial charge in [-0.25, -0.2) is 0 Å². The molecule has 0 fully saturated rings. The molecule has 1 aliphatic carbocycles. The minimum atomic E-state index is -1.62. The van der Waals surface area contributed by atoms with Gasteiger partial charge >= 0.3 is 0 Å². The number of hydrogen-bond donors (Lipinski definition) is 2. The molecule has 4 aromatic carbocycles. The average Bonchev–Trinajstić information content (AvgIpc) is 2.93. The number of methoxy groups -OCH3 is 2. The molecule has 0 aromatic heterocycles. The number of aliphatic hydroxyl groups is 1. The average molecular weight is 483 g/mol. The van der Waals surface area contributed by atoms with Crippen LogP contribution in [0.4, 0.5) is 0 Å². The Labute approximate surface area is 209 Å². The van der Waals surface area contributed by atoms with Crippen LogP contribution in [0.25, 0.3) is 0 Å². The van der Waals surface area contributed by atoms with E-state index in [1.165, 1.54) is 13.2 Å². The summed E-state index contributed by atoms with van der Waals surface area (Å²) in [6.45, 7) is 0.0433. The van der Waals surface area contributed by atoms with E-state index in [4.69, 9.17) is 14.2 Å². The highest BCUT2D eigenvalue weighted by Gasteiger charge is 2.48. The van der Waals surface area contributed by atoms with Crippen LogP contribution in [0.2, 0.25) is 0 Å². The van der Waals surface area contributed by atoms with Gasteiger partial charge in [0.15, 0.2) is 28.8 Å². The Kier molecular flexibility index (Phi) is 6.12. The maximum Gasteiger partial charge on any atom is 0.193 e. The predicted molar refractivity (Wildman–Crippen MR) is 135 cm³/mol. The second-order valence-electron chi connectivity index (χ2n) is 8.63. The molecule has 4 aromatic rings. The van der Waals surface area contributed by atoms with Crippen LogP contribution in [-0.4, -0.2) is 36.8 Å². The van der Waals surface area contributed by atoms with E-state index in [0.717, 1.165) is 0 Å². The number of para-hydroxylation sites is 2. The van der Waals surface area contributed by atoms with Gasteiger partial charge < -0.3 is 24.4 Å². The minimum Gasteiger partial charge on any atom is -0.504 e. The number of ketones is 1. The Morgan fingerprint density at radius 2 is 1.31 bits per heavy atom. The van der Waals surface area contributed by atoms with Crippen molar-refractivity contribution in [2.75, 3.05) is 20.8 Å². The second-order valence-corrected chi connectivity index (χ2v) is 8.63. The van der Waals surface area contributed by atoms with Crippen molar-refractivity contribution in [2.45, 2.75) is 11.5 Å². The molecular formula is C30H26O6. The molecule has 1 atom stereocenters. The number of hydrogen-bond acceptors (Lipinski definition) is 6. The van der Waals surface area contributed by atoms with Crippen molar-refractivity contribution in [1.29, 1.82) is 0 Å². The number of carbonyl (C=O) groups is 1. The van der Waals surface area contributed by atoms with E-state index in [2.05, 4.69) is 0 Å². The first-order valence-corrected chi connectivity index (χ1v) is 11.6. The summed E-state index contributed by atoms with van der Waals surface area (Å²) >= 11 is 0. The van der Waals surface area contributed by atoms with Crippen molar-refractivity contribution in [2.24, 2.45) is 0 Å². The number of carbonyl (C=O) groups excluding carboxylic acids is 1. The number of phenols is 1. The highest BCUT2D eigenvalue weighted by atomic mass is 16.5. The lowest BCUT2D eigenvalue weighted by atomic mass is 9.66. The van der Waals surface area contributed by atoms with Gasteiger partial charge in [-0.2, -0.15) is 0 Å². The van der Waals surface area contributed by atoms with Crippen molar-refractivity contribution in [1.82, 2.24) is 0 Å². The fourth-order valence-electron chi connectivity index (χ4n) is 4.97. The lowest BCUT2D eigenvalue weighted by Crippen LogP contribution is -2.43. The molecule has 0 aliphatic heterocycles.